The van der Waals surface area contributed by atoms with Gasteiger partial charge in [-0.2, -0.15) is 0 Å². The zero-order valence-corrected chi connectivity index (χ0v) is 13.6. The third-order valence-electron chi connectivity index (χ3n) is 3.67. The number of nitrogens with two attached hydrogens (primary N) is 1. The Labute approximate surface area is 132 Å². The van der Waals surface area contributed by atoms with Crippen LogP contribution in [0.5, 0.6) is 0 Å². The summed E-state index contributed by atoms with van der Waals surface area (Å²) in [6.45, 7) is 6.60. The normalized spacial score (nSPS) is 11.7. The summed E-state index contributed by atoms with van der Waals surface area (Å²) in [4.78, 5) is 12.2. The fourth-order valence-corrected chi connectivity index (χ4v) is 2.54. The number of carbonyl (C=O) groups is 1. The Morgan fingerprint density at radius 2 is 2.05 bits per heavy atom. The highest BCUT2D eigenvalue weighted by Crippen LogP contribution is 2.18. The Balaban J connectivity index is 2.82. The number of hydrogen-bond donors (Lipinski definition) is 2. The summed E-state index contributed by atoms with van der Waals surface area (Å²) in [6.07, 6.45) is 2.10. The minimum absolute atomic E-state index is 0.102. The van der Waals surface area contributed by atoms with Gasteiger partial charge in [0, 0.05) is 17.2 Å². The molecule has 1 rings (SSSR count). The number of amides is 1. The van der Waals surface area contributed by atoms with Crippen molar-refractivity contribution in [1.82, 2.24) is 5.32 Å². The van der Waals surface area contributed by atoms with Crippen LogP contribution in [0, 0.1) is 17.8 Å². The fourth-order valence-electron chi connectivity index (χ4n) is 2.31. The first-order chi connectivity index (χ1) is 10.0. The van der Waals surface area contributed by atoms with Gasteiger partial charge in [-0.05, 0) is 31.0 Å². The van der Waals surface area contributed by atoms with Crippen LogP contribution in [0.25, 0.3) is 0 Å². The largest absolute Gasteiger partial charge is 0.349 e. The maximum absolute atomic E-state index is 12.2. The molecule has 0 spiro atoms. The van der Waals surface area contributed by atoms with E-state index in [0.29, 0.717) is 22.1 Å². The van der Waals surface area contributed by atoms with Gasteiger partial charge in [0.05, 0.1) is 11.6 Å². The van der Waals surface area contributed by atoms with Crippen molar-refractivity contribution in [2.75, 3.05) is 6.54 Å². The van der Waals surface area contributed by atoms with E-state index in [9.17, 15) is 4.79 Å². The SMILES string of the molecule is CCC(CC)C(C)NC(=O)c1ccc(C#CCN)c(Cl)c1. The first-order valence-electron chi connectivity index (χ1n) is 7.32. The van der Waals surface area contributed by atoms with E-state index in [2.05, 4.69) is 31.0 Å². The summed E-state index contributed by atoms with van der Waals surface area (Å²) >= 11 is 6.14. The van der Waals surface area contributed by atoms with E-state index < -0.39 is 0 Å². The highest BCUT2D eigenvalue weighted by Gasteiger charge is 2.17. The first-order valence-corrected chi connectivity index (χ1v) is 7.70. The van der Waals surface area contributed by atoms with Gasteiger partial charge in [0.25, 0.3) is 5.91 Å². The number of benzene rings is 1. The number of carbonyl (C=O) groups excluding carboxylic acids is 1. The van der Waals surface area contributed by atoms with Crippen LogP contribution in [0.4, 0.5) is 0 Å². The molecular formula is C17H23ClN2O. The molecule has 1 amide bonds. The van der Waals surface area contributed by atoms with Gasteiger partial charge < -0.3 is 11.1 Å². The summed E-state index contributed by atoms with van der Waals surface area (Å²) in [5.74, 6) is 6.01. The quantitative estimate of drug-likeness (QED) is 0.821. The van der Waals surface area contributed by atoms with Gasteiger partial charge in [0.1, 0.15) is 0 Å². The van der Waals surface area contributed by atoms with Crippen LogP contribution in [0.1, 0.15) is 49.5 Å². The average molecular weight is 307 g/mol. The Morgan fingerprint density at radius 1 is 1.38 bits per heavy atom. The molecule has 0 fully saturated rings. The second-order valence-electron chi connectivity index (χ2n) is 5.04. The molecule has 1 unspecified atom stereocenters. The van der Waals surface area contributed by atoms with Crippen molar-refractivity contribution < 1.29 is 4.79 Å². The van der Waals surface area contributed by atoms with E-state index in [0.717, 1.165) is 12.8 Å². The topological polar surface area (TPSA) is 55.1 Å². The molecule has 114 valence electrons. The molecule has 0 aliphatic carbocycles. The predicted molar refractivity (Wildman–Crippen MR) is 88.4 cm³/mol. The van der Waals surface area contributed by atoms with Crippen molar-refractivity contribution in [3.8, 4) is 11.8 Å². The Morgan fingerprint density at radius 3 is 2.57 bits per heavy atom. The molecule has 1 aromatic carbocycles. The summed E-state index contributed by atoms with van der Waals surface area (Å²) < 4.78 is 0. The standard InChI is InChI=1S/C17H23ClN2O/c1-4-13(5-2)12(3)20-17(21)15-9-8-14(7-6-10-19)16(18)11-15/h8-9,11-13H,4-5,10,19H2,1-3H3,(H,20,21). The fraction of sp³-hybridized carbons (Fsp3) is 0.471. The van der Waals surface area contributed by atoms with E-state index in [4.69, 9.17) is 17.3 Å². The summed E-state index contributed by atoms with van der Waals surface area (Å²) in [7, 11) is 0. The van der Waals surface area contributed by atoms with Crippen LogP contribution in [0.3, 0.4) is 0 Å². The Hall–Kier alpha value is -1.50. The molecule has 4 heteroatoms. The van der Waals surface area contributed by atoms with Gasteiger partial charge in [-0.25, -0.2) is 0 Å². The van der Waals surface area contributed by atoms with Crippen molar-refractivity contribution in [1.29, 1.82) is 0 Å². The molecule has 21 heavy (non-hydrogen) atoms. The molecule has 1 atom stereocenters. The number of rotatable bonds is 5. The maximum atomic E-state index is 12.2. The second-order valence-corrected chi connectivity index (χ2v) is 5.45. The molecule has 0 saturated carbocycles. The zero-order chi connectivity index (χ0) is 15.8. The molecule has 0 aromatic heterocycles. The van der Waals surface area contributed by atoms with Crippen LogP contribution >= 0.6 is 11.6 Å². The maximum Gasteiger partial charge on any atom is 0.251 e. The van der Waals surface area contributed by atoms with Gasteiger partial charge >= 0.3 is 0 Å². The van der Waals surface area contributed by atoms with Gasteiger partial charge in [-0.15, -0.1) is 0 Å². The molecule has 0 aliphatic rings. The summed E-state index contributed by atoms with van der Waals surface area (Å²) in [5.41, 5.74) is 6.57. The lowest BCUT2D eigenvalue weighted by molar-refractivity contribution is 0.0925. The van der Waals surface area contributed by atoms with Gasteiger partial charge in [0.15, 0.2) is 0 Å². The lowest BCUT2D eigenvalue weighted by Crippen LogP contribution is -2.37. The third-order valence-corrected chi connectivity index (χ3v) is 3.98. The molecule has 0 radical (unpaired) electrons. The van der Waals surface area contributed by atoms with Crippen molar-refractivity contribution in [2.45, 2.75) is 39.7 Å². The number of nitrogens with one attached hydrogen (secondary N) is 1. The van der Waals surface area contributed by atoms with Crippen molar-refractivity contribution in [3.05, 3.63) is 34.3 Å². The van der Waals surface area contributed by atoms with Crippen molar-refractivity contribution in [2.24, 2.45) is 11.7 Å². The van der Waals surface area contributed by atoms with Crippen molar-refractivity contribution in [3.63, 3.8) is 0 Å². The molecule has 0 saturated heterocycles. The van der Waals surface area contributed by atoms with E-state index in [1.54, 1.807) is 18.2 Å². The summed E-state index contributed by atoms with van der Waals surface area (Å²) in [5, 5.41) is 3.51. The number of hydrogen-bond acceptors (Lipinski definition) is 2. The van der Waals surface area contributed by atoms with E-state index >= 15 is 0 Å². The van der Waals surface area contributed by atoms with E-state index in [1.807, 2.05) is 6.92 Å². The lowest BCUT2D eigenvalue weighted by Gasteiger charge is -2.22. The average Bonchev–Trinajstić information content (AvgIpc) is 2.47. The highest BCUT2D eigenvalue weighted by atomic mass is 35.5. The molecule has 0 aliphatic heterocycles. The van der Waals surface area contributed by atoms with Crippen LogP contribution in [-0.4, -0.2) is 18.5 Å². The molecule has 3 nitrogen and oxygen atoms in total. The van der Waals surface area contributed by atoms with Crippen LogP contribution in [0.15, 0.2) is 18.2 Å². The highest BCUT2D eigenvalue weighted by molar-refractivity contribution is 6.32. The third kappa shape index (κ3) is 5.08. The molecular weight excluding hydrogens is 284 g/mol. The number of halogens is 1. The predicted octanol–water partition coefficient (Wildman–Crippen LogP) is 3.20. The lowest BCUT2D eigenvalue weighted by atomic mass is 9.95. The monoisotopic (exact) mass is 306 g/mol. The van der Waals surface area contributed by atoms with E-state index in [1.165, 1.54) is 0 Å². The smallest absolute Gasteiger partial charge is 0.251 e. The van der Waals surface area contributed by atoms with Gasteiger partial charge in [-0.1, -0.05) is 50.1 Å². The van der Waals surface area contributed by atoms with Gasteiger partial charge in [-0.3, -0.25) is 4.79 Å². The molecule has 0 heterocycles. The first kappa shape index (κ1) is 17.6. The minimum atomic E-state index is -0.102. The van der Waals surface area contributed by atoms with Crippen LogP contribution in [0.2, 0.25) is 5.02 Å². The molecule has 3 N–H and O–H groups in total. The molecule has 1 aromatic rings. The second kappa shape index (κ2) is 8.71. The van der Waals surface area contributed by atoms with Gasteiger partial charge in [0.2, 0.25) is 0 Å². The van der Waals surface area contributed by atoms with E-state index in [-0.39, 0.29) is 18.5 Å². The Bertz CT molecular complexity index is 541. The van der Waals surface area contributed by atoms with Crippen LogP contribution in [-0.2, 0) is 0 Å². The Kier molecular flexibility index (Phi) is 7.28. The molecule has 0 bridgehead atoms. The summed E-state index contributed by atoms with van der Waals surface area (Å²) in [6, 6.07) is 5.28. The minimum Gasteiger partial charge on any atom is -0.349 e. The van der Waals surface area contributed by atoms with Crippen molar-refractivity contribution >= 4 is 17.5 Å². The van der Waals surface area contributed by atoms with Crippen LogP contribution < -0.4 is 11.1 Å². The zero-order valence-electron chi connectivity index (χ0n) is 12.9.